The molecule has 8 nitrogen and oxygen atoms in total. The quantitative estimate of drug-likeness (QED) is 0.718. The molecule has 3 aromatic rings. The lowest BCUT2D eigenvalue weighted by Gasteiger charge is -2.25. The lowest BCUT2D eigenvalue weighted by Crippen LogP contribution is -2.36. The van der Waals surface area contributed by atoms with Crippen LogP contribution in [0.3, 0.4) is 0 Å². The van der Waals surface area contributed by atoms with Gasteiger partial charge in [0, 0.05) is 31.3 Å². The van der Waals surface area contributed by atoms with E-state index in [9.17, 15) is 14.0 Å². The molecule has 1 aliphatic rings. The Kier molecular flexibility index (Phi) is 4.82. The average Bonchev–Trinajstić information content (AvgIpc) is 3.11. The van der Waals surface area contributed by atoms with E-state index in [2.05, 4.69) is 15.4 Å². The number of carbonyl (C=O) groups is 1. The van der Waals surface area contributed by atoms with E-state index < -0.39 is 17.3 Å². The Morgan fingerprint density at radius 3 is 2.85 bits per heavy atom. The third-order valence-corrected chi connectivity index (χ3v) is 5.12. The Morgan fingerprint density at radius 2 is 2.07 bits per heavy atom. The lowest BCUT2D eigenvalue weighted by molar-refractivity contribution is 0.0942. The SMILES string of the molecule is O=C(NCc1ccccc1F)c1cc(=O)nc2sc(N3CCOCC3)nn12. The molecule has 27 heavy (non-hydrogen) atoms. The maximum absolute atomic E-state index is 13.7. The molecule has 2 aromatic heterocycles. The van der Waals surface area contributed by atoms with Crippen LogP contribution in [-0.2, 0) is 11.3 Å². The number of anilines is 1. The zero-order valence-electron chi connectivity index (χ0n) is 14.2. The normalized spacial score (nSPS) is 14.5. The maximum atomic E-state index is 13.7. The first kappa shape index (κ1) is 17.6. The average molecular weight is 389 g/mol. The molecule has 1 aromatic carbocycles. The number of amides is 1. The van der Waals surface area contributed by atoms with Gasteiger partial charge in [0.05, 0.1) is 13.2 Å². The van der Waals surface area contributed by atoms with Crippen LogP contribution < -0.4 is 15.8 Å². The van der Waals surface area contributed by atoms with Crippen molar-refractivity contribution < 1.29 is 13.9 Å². The highest BCUT2D eigenvalue weighted by atomic mass is 32.1. The fourth-order valence-corrected chi connectivity index (χ4v) is 3.72. The molecule has 0 unspecified atom stereocenters. The molecular formula is C17H16FN5O3S. The number of nitrogens with one attached hydrogen (secondary N) is 1. The number of benzene rings is 1. The highest BCUT2D eigenvalue weighted by Gasteiger charge is 2.20. The molecule has 140 valence electrons. The largest absolute Gasteiger partial charge is 0.378 e. The van der Waals surface area contributed by atoms with Gasteiger partial charge in [0.2, 0.25) is 10.1 Å². The number of aromatic nitrogens is 3. The van der Waals surface area contributed by atoms with Crippen LogP contribution in [0.25, 0.3) is 4.96 Å². The smallest absolute Gasteiger partial charge is 0.274 e. The van der Waals surface area contributed by atoms with Gasteiger partial charge in [-0.15, -0.1) is 5.10 Å². The molecule has 1 amide bonds. The van der Waals surface area contributed by atoms with Crippen molar-refractivity contribution in [2.75, 3.05) is 31.2 Å². The Hall–Kier alpha value is -2.85. The first-order valence-corrected chi connectivity index (χ1v) is 9.19. The predicted octanol–water partition coefficient (Wildman–Crippen LogP) is 1.06. The van der Waals surface area contributed by atoms with Crippen molar-refractivity contribution in [2.45, 2.75) is 6.54 Å². The van der Waals surface area contributed by atoms with Gasteiger partial charge in [-0.2, -0.15) is 9.50 Å². The summed E-state index contributed by atoms with van der Waals surface area (Å²) in [5.74, 6) is -0.926. The second-order valence-electron chi connectivity index (χ2n) is 5.93. The number of hydrogen-bond acceptors (Lipinski definition) is 7. The highest BCUT2D eigenvalue weighted by molar-refractivity contribution is 7.20. The summed E-state index contributed by atoms with van der Waals surface area (Å²) in [6.45, 7) is 2.55. The zero-order valence-corrected chi connectivity index (χ0v) is 15.0. The summed E-state index contributed by atoms with van der Waals surface area (Å²) in [5, 5.41) is 7.74. The minimum atomic E-state index is -0.525. The van der Waals surface area contributed by atoms with Crippen LogP contribution in [0.4, 0.5) is 9.52 Å². The zero-order chi connectivity index (χ0) is 18.8. The molecule has 10 heteroatoms. The second-order valence-corrected chi connectivity index (χ2v) is 6.87. The van der Waals surface area contributed by atoms with Crippen LogP contribution in [0.5, 0.6) is 0 Å². The minimum Gasteiger partial charge on any atom is -0.378 e. The van der Waals surface area contributed by atoms with E-state index in [0.717, 1.165) is 6.07 Å². The molecule has 3 heterocycles. The number of morpholine rings is 1. The molecule has 0 radical (unpaired) electrons. The van der Waals surface area contributed by atoms with E-state index in [1.165, 1.54) is 21.9 Å². The molecule has 1 aliphatic heterocycles. The predicted molar refractivity (Wildman–Crippen MR) is 97.7 cm³/mol. The fourth-order valence-electron chi connectivity index (χ4n) is 2.76. The van der Waals surface area contributed by atoms with Gasteiger partial charge in [-0.1, -0.05) is 29.5 Å². The van der Waals surface area contributed by atoms with Crippen molar-refractivity contribution in [3.8, 4) is 0 Å². The summed E-state index contributed by atoms with van der Waals surface area (Å²) < 4.78 is 20.4. The summed E-state index contributed by atoms with van der Waals surface area (Å²) in [7, 11) is 0. The monoisotopic (exact) mass is 389 g/mol. The Labute approximate surface area is 157 Å². The molecule has 1 N–H and O–H groups in total. The van der Waals surface area contributed by atoms with Gasteiger partial charge in [0.25, 0.3) is 11.5 Å². The Balaban J connectivity index is 1.62. The van der Waals surface area contributed by atoms with E-state index in [1.54, 1.807) is 18.2 Å². The topological polar surface area (TPSA) is 88.8 Å². The van der Waals surface area contributed by atoms with E-state index >= 15 is 0 Å². The van der Waals surface area contributed by atoms with Gasteiger partial charge in [0.1, 0.15) is 11.5 Å². The number of rotatable bonds is 4. The number of halogens is 1. The van der Waals surface area contributed by atoms with Crippen LogP contribution >= 0.6 is 11.3 Å². The van der Waals surface area contributed by atoms with Gasteiger partial charge in [0.15, 0.2) is 0 Å². The van der Waals surface area contributed by atoms with Crippen molar-refractivity contribution in [1.82, 2.24) is 19.9 Å². The van der Waals surface area contributed by atoms with Crippen LogP contribution in [0.15, 0.2) is 35.1 Å². The third kappa shape index (κ3) is 3.67. The van der Waals surface area contributed by atoms with Crippen LogP contribution in [0.1, 0.15) is 16.1 Å². The summed E-state index contributed by atoms with van der Waals surface area (Å²) in [6, 6.07) is 7.31. The van der Waals surface area contributed by atoms with Crippen molar-refractivity contribution in [3.63, 3.8) is 0 Å². The second kappa shape index (κ2) is 7.41. The summed E-state index contributed by atoms with van der Waals surface area (Å²) >= 11 is 1.24. The van der Waals surface area contributed by atoms with Crippen molar-refractivity contribution >= 4 is 27.3 Å². The third-order valence-electron chi connectivity index (χ3n) is 4.16. The Bertz CT molecular complexity index is 1040. The number of nitrogens with zero attached hydrogens (tertiary/aromatic N) is 4. The summed E-state index contributed by atoms with van der Waals surface area (Å²) in [6.07, 6.45) is 0. The molecule has 0 spiro atoms. The van der Waals surface area contributed by atoms with E-state index in [0.29, 0.717) is 42.0 Å². The van der Waals surface area contributed by atoms with Crippen molar-refractivity contribution in [2.24, 2.45) is 0 Å². The molecule has 0 aliphatic carbocycles. The molecular weight excluding hydrogens is 373 g/mol. The maximum Gasteiger partial charge on any atom is 0.274 e. The van der Waals surface area contributed by atoms with Gasteiger partial charge in [-0.25, -0.2) is 4.39 Å². The van der Waals surface area contributed by atoms with Crippen molar-refractivity contribution in [1.29, 1.82) is 0 Å². The molecule has 1 saturated heterocycles. The van der Waals surface area contributed by atoms with Gasteiger partial charge in [-0.05, 0) is 6.07 Å². The van der Waals surface area contributed by atoms with E-state index in [-0.39, 0.29) is 12.2 Å². The molecule has 0 saturated carbocycles. The first-order chi connectivity index (χ1) is 13.1. The molecule has 1 fully saturated rings. The highest BCUT2D eigenvalue weighted by Crippen LogP contribution is 2.23. The number of hydrogen-bond donors (Lipinski definition) is 1. The molecule has 4 rings (SSSR count). The number of ether oxygens (including phenoxy) is 1. The minimum absolute atomic E-state index is 0.00450. The van der Waals surface area contributed by atoms with Gasteiger partial charge in [-0.3, -0.25) is 9.59 Å². The van der Waals surface area contributed by atoms with Crippen LogP contribution in [-0.4, -0.2) is 46.8 Å². The number of carbonyl (C=O) groups excluding carboxylic acids is 1. The lowest BCUT2D eigenvalue weighted by atomic mass is 10.2. The molecule has 0 bridgehead atoms. The standard InChI is InChI=1S/C17H16FN5O3S/c18-12-4-2-1-3-11(12)10-19-15(25)13-9-14(24)20-16-23(13)21-17(27-16)22-5-7-26-8-6-22/h1-4,9H,5-8,10H2,(H,19,25). The molecule has 0 atom stereocenters. The Morgan fingerprint density at radius 1 is 1.30 bits per heavy atom. The van der Waals surface area contributed by atoms with Crippen LogP contribution in [0.2, 0.25) is 0 Å². The fraction of sp³-hybridized carbons (Fsp3) is 0.294. The van der Waals surface area contributed by atoms with Crippen LogP contribution in [0, 0.1) is 5.82 Å². The summed E-state index contributed by atoms with van der Waals surface area (Å²) in [5.41, 5.74) is -0.101. The van der Waals surface area contributed by atoms with E-state index in [1.807, 2.05) is 4.90 Å². The van der Waals surface area contributed by atoms with Gasteiger partial charge < -0.3 is 15.0 Å². The van der Waals surface area contributed by atoms with E-state index in [4.69, 9.17) is 4.74 Å². The summed E-state index contributed by atoms with van der Waals surface area (Å²) in [4.78, 5) is 30.8. The van der Waals surface area contributed by atoms with Crippen molar-refractivity contribution in [3.05, 3.63) is 57.8 Å². The first-order valence-electron chi connectivity index (χ1n) is 8.37. The number of fused-ring (bicyclic) bond motifs is 1. The van der Waals surface area contributed by atoms with Gasteiger partial charge >= 0.3 is 0 Å².